The first-order valence-electron chi connectivity index (χ1n) is 18.7. The Balaban J connectivity index is 0.988. The van der Waals surface area contributed by atoms with Crippen LogP contribution in [0, 0.1) is 0 Å². The Kier molecular flexibility index (Phi) is 7.64. The van der Waals surface area contributed by atoms with Gasteiger partial charge in [0.15, 0.2) is 17.5 Å². The highest BCUT2D eigenvalue weighted by molar-refractivity contribution is 7.25. The second-order valence-electron chi connectivity index (χ2n) is 14.0. The molecule has 0 bridgehead atoms. The summed E-state index contributed by atoms with van der Waals surface area (Å²) in [6.45, 7) is 0. The van der Waals surface area contributed by atoms with Gasteiger partial charge in [0.1, 0.15) is 11.2 Å². The number of fused-ring (bicyclic) bond motifs is 6. The normalized spacial score (nSPS) is 11.6. The van der Waals surface area contributed by atoms with Crippen LogP contribution in [-0.4, -0.2) is 15.0 Å². The largest absolute Gasteiger partial charge is 0.456 e. The van der Waals surface area contributed by atoms with Crippen LogP contribution in [0.5, 0.6) is 0 Å². The molecule has 0 spiro atoms. The van der Waals surface area contributed by atoms with Crippen molar-refractivity contribution >= 4 is 53.4 Å². The van der Waals surface area contributed by atoms with Gasteiger partial charge in [-0.1, -0.05) is 152 Å². The van der Waals surface area contributed by atoms with Crippen LogP contribution >= 0.6 is 11.3 Å². The number of hydrogen-bond acceptors (Lipinski definition) is 5. The zero-order chi connectivity index (χ0) is 37.0. The SMILES string of the molecule is c1ccc(-c2ccc(-c3nc(-c4ccc(-c5ccccc5)cc4)nc(-c4ccc5c(c4)oc4ccc(-c6ccc7c(c6)sc6ccccc67)cc45)n3)cc2)cc1. The quantitative estimate of drug-likeness (QED) is 0.171. The van der Waals surface area contributed by atoms with E-state index in [1.807, 2.05) is 23.5 Å². The first-order chi connectivity index (χ1) is 27.7. The van der Waals surface area contributed by atoms with E-state index >= 15 is 0 Å². The molecule has 11 aromatic rings. The molecule has 56 heavy (non-hydrogen) atoms. The standard InChI is InChI=1S/C51H31N3OS/c1-3-9-32(10-4-1)34-15-19-36(20-16-34)49-52-50(37-21-17-35(18-22-37)33-11-5-2-6-12-33)54-51(53-49)40-24-26-41-44-29-38(25-28-45(44)55-46(41)30-40)39-23-27-43-42-13-7-8-14-47(42)56-48(43)31-39/h1-31H. The van der Waals surface area contributed by atoms with Crippen molar-refractivity contribution in [2.75, 3.05) is 0 Å². The van der Waals surface area contributed by atoms with Gasteiger partial charge in [-0.05, 0) is 69.8 Å². The molecule has 4 nitrogen and oxygen atoms in total. The third-order valence-electron chi connectivity index (χ3n) is 10.6. The van der Waals surface area contributed by atoms with Gasteiger partial charge in [-0.2, -0.15) is 0 Å². The maximum absolute atomic E-state index is 6.49. The average molecular weight is 734 g/mol. The van der Waals surface area contributed by atoms with Crippen LogP contribution in [0.2, 0.25) is 0 Å². The number of aromatic nitrogens is 3. The summed E-state index contributed by atoms with van der Waals surface area (Å²) in [5.41, 5.74) is 11.3. The number of furan rings is 1. The molecule has 0 aliphatic rings. The van der Waals surface area contributed by atoms with Crippen molar-refractivity contribution in [2.24, 2.45) is 0 Å². The highest BCUT2D eigenvalue weighted by Gasteiger charge is 2.16. The second-order valence-corrected chi connectivity index (χ2v) is 15.1. The van der Waals surface area contributed by atoms with Crippen molar-refractivity contribution < 1.29 is 4.42 Å². The van der Waals surface area contributed by atoms with Crippen LogP contribution in [0.4, 0.5) is 0 Å². The van der Waals surface area contributed by atoms with Gasteiger partial charge >= 0.3 is 0 Å². The van der Waals surface area contributed by atoms with E-state index in [2.05, 4.69) is 176 Å². The van der Waals surface area contributed by atoms with Crippen molar-refractivity contribution in [1.82, 2.24) is 15.0 Å². The first kappa shape index (κ1) is 32.2. The Hall–Kier alpha value is -7.21. The molecule has 0 fully saturated rings. The van der Waals surface area contributed by atoms with E-state index in [1.165, 1.54) is 25.7 Å². The van der Waals surface area contributed by atoms with Crippen molar-refractivity contribution in [3.63, 3.8) is 0 Å². The van der Waals surface area contributed by atoms with Gasteiger partial charge < -0.3 is 4.42 Å². The minimum Gasteiger partial charge on any atom is -0.456 e. The molecule has 262 valence electrons. The minimum absolute atomic E-state index is 0.587. The van der Waals surface area contributed by atoms with Crippen molar-refractivity contribution in [1.29, 1.82) is 0 Å². The summed E-state index contributed by atoms with van der Waals surface area (Å²) in [5, 5.41) is 4.74. The molecule has 0 unspecified atom stereocenters. The lowest BCUT2D eigenvalue weighted by Crippen LogP contribution is -2.00. The minimum atomic E-state index is 0.587. The van der Waals surface area contributed by atoms with E-state index in [9.17, 15) is 0 Å². The van der Waals surface area contributed by atoms with Crippen molar-refractivity contribution in [3.05, 3.63) is 188 Å². The summed E-state index contributed by atoms with van der Waals surface area (Å²) in [6, 6.07) is 65.7. The van der Waals surface area contributed by atoms with Gasteiger partial charge in [-0.15, -0.1) is 11.3 Å². The van der Waals surface area contributed by atoms with Gasteiger partial charge in [0.25, 0.3) is 0 Å². The number of hydrogen-bond donors (Lipinski definition) is 0. The smallest absolute Gasteiger partial charge is 0.164 e. The fourth-order valence-electron chi connectivity index (χ4n) is 7.65. The second kappa shape index (κ2) is 13.3. The van der Waals surface area contributed by atoms with E-state index in [-0.39, 0.29) is 0 Å². The van der Waals surface area contributed by atoms with Crippen LogP contribution in [0.1, 0.15) is 0 Å². The van der Waals surface area contributed by atoms with Crippen molar-refractivity contribution in [2.45, 2.75) is 0 Å². The van der Waals surface area contributed by atoms with Crippen LogP contribution in [0.25, 0.3) is 110 Å². The lowest BCUT2D eigenvalue weighted by Gasteiger charge is -2.10. The Labute approximate surface area is 327 Å². The lowest BCUT2D eigenvalue weighted by molar-refractivity contribution is 0.669. The Morgan fingerprint density at radius 2 is 0.750 bits per heavy atom. The molecule has 0 N–H and O–H groups in total. The van der Waals surface area contributed by atoms with Gasteiger partial charge in [0.2, 0.25) is 0 Å². The zero-order valence-corrected chi connectivity index (χ0v) is 30.9. The van der Waals surface area contributed by atoms with Gasteiger partial charge in [0.05, 0.1) is 0 Å². The van der Waals surface area contributed by atoms with Crippen LogP contribution < -0.4 is 0 Å². The van der Waals surface area contributed by atoms with Crippen molar-refractivity contribution in [3.8, 4) is 67.5 Å². The highest BCUT2D eigenvalue weighted by Crippen LogP contribution is 2.39. The molecule has 0 amide bonds. The molecule has 8 aromatic carbocycles. The van der Waals surface area contributed by atoms with Crippen LogP contribution in [-0.2, 0) is 0 Å². The number of benzene rings is 8. The topological polar surface area (TPSA) is 51.8 Å². The Morgan fingerprint density at radius 3 is 1.41 bits per heavy atom. The molecule has 0 radical (unpaired) electrons. The monoisotopic (exact) mass is 733 g/mol. The number of nitrogens with zero attached hydrogens (tertiary/aromatic N) is 3. The van der Waals surface area contributed by atoms with E-state index < -0.39 is 0 Å². The number of rotatable bonds is 6. The molecular weight excluding hydrogens is 703 g/mol. The third kappa shape index (κ3) is 5.74. The molecule has 0 saturated carbocycles. The van der Waals surface area contributed by atoms with Gasteiger partial charge in [-0.3, -0.25) is 0 Å². The molecule has 0 aliphatic carbocycles. The molecule has 0 saturated heterocycles. The molecule has 5 heteroatoms. The van der Waals surface area contributed by atoms with Crippen LogP contribution in [0.3, 0.4) is 0 Å². The Morgan fingerprint density at radius 1 is 0.286 bits per heavy atom. The summed E-state index contributed by atoms with van der Waals surface area (Å²) < 4.78 is 9.09. The van der Waals surface area contributed by atoms with E-state index in [4.69, 9.17) is 19.4 Å². The maximum Gasteiger partial charge on any atom is 0.164 e. The molecule has 11 rings (SSSR count). The summed E-state index contributed by atoms with van der Waals surface area (Å²) in [5.74, 6) is 1.81. The summed E-state index contributed by atoms with van der Waals surface area (Å²) in [4.78, 5) is 15.1. The highest BCUT2D eigenvalue weighted by atomic mass is 32.1. The van der Waals surface area contributed by atoms with Crippen LogP contribution in [0.15, 0.2) is 192 Å². The fourth-order valence-corrected chi connectivity index (χ4v) is 8.79. The molecular formula is C51H31N3OS. The van der Waals surface area contributed by atoms with E-state index in [0.717, 1.165) is 66.4 Å². The molecule has 3 heterocycles. The summed E-state index contributed by atoms with van der Waals surface area (Å²) in [6.07, 6.45) is 0. The van der Waals surface area contributed by atoms with Gasteiger partial charge in [-0.25, -0.2) is 15.0 Å². The van der Waals surface area contributed by atoms with E-state index in [0.29, 0.717) is 17.5 Å². The predicted octanol–water partition coefficient (Wildman–Crippen LogP) is 14.1. The van der Waals surface area contributed by atoms with E-state index in [1.54, 1.807) is 0 Å². The Bertz CT molecular complexity index is 3120. The number of thiophene rings is 1. The fraction of sp³-hybridized carbons (Fsp3) is 0. The molecule has 0 aliphatic heterocycles. The summed E-state index contributed by atoms with van der Waals surface area (Å²) >= 11 is 1.84. The third-order valence-corrected chi connectivity index (χ3v) is 11.7. The van der Waals surface area contributed by atoms with Gasteiger partial charge in [0, 0.05) is 47.6 Å². The average Bonchev–Trinajstić information content (AvgIpc) is 3.84. The summed E-state index contributed by atoms with van der Waals surface area (Å²) in [7, 11) is 0. The first-order valence-corrected chi connectivity index (χ1v) is 19.5. The molecule has 3 aromatic heterocycles. The predicted molar refractivity (Wildman–Crippen MR) is 233 cm³/mol. The lowest BCUT2D eigenvalue weighted by atomic mass is 10.0. The zero-order valence-electron chi connectivity index (χ0n) is 30.1. The maximum atomic E-state index is 6.49. The molecule has 0 atom stereocenters.